The predicted octanol–water partition coefficient (Wildman–Crippen LogP) is 1.47. The zero-order chi connectivity index (χ0) is 9.52. The van der Waals surface area contributed by atoms with Gasteiger partial charge in [-0.05, 0) is 6.42 Å². The summed E-state index contributed by atoms with van der Waals surface area (Å²) in [6.45, 7) is 2.83. The van der Waals surface area contributed by atoms with E-state index in [0.717, 1.165) is 11.6 Å². The van der Waals surface area contributed by atoms with E-state index in [2.05, 4.69) is 22.4 Å². The van der Waals surface area contributed by atoms with Gasteiger partial charge in [-0.1, -0.05) is 31.1 Å². The van der Waals surface area contributed by atoms with Crippen LogP contribution in [0.15, 0.2) is 5.51 Å². The molecule has 0 bridgehead atoms. The van der Waals surface area contributed by atoms with Crippen LogP contribution in [0.1, 0.15) is 26.2 Å². The predicted molar refractivity (Wildman–Crippen MR) is 55.9 cm³/mol. The van der Waals surface area contributed by atoms with Crippen molar-refractivity contribution in [2.24, 2.45) is 5.73 Å². The van der Waals surface area contributed by atoms with E-state index in [1.165, 1.54) is 24.2 Å². The van der Waals surface area contributed by atoms with E-state index in [1.54, 1.807) is 5.51 Å². The minimum Gasteiger partial charge on any atom is -0.356 e. The topological polar surface area (TPSA) is 63.8 Å². The molecule has 0 amide bonds. The van der Waals surface area contributed by atoms with Crippen molar-refractivity contribution >= 4 is 16.5 Å². The third-order valence-electron chi connectivity index (χ3n) is 1.88. The Hall–Kier alpha value is -0.680. The number of rotatable bonds is 6. The molecule has 0 aliphatic heterocycles. The number of unbranched alkanes of at least 4 members (excludes halogenated alkanes) is 1. The Labute approximate surface area is 82.6 Å². The number of hydrogen-bond donors (Lipinski definition) is 2. The van der Waals surface area contributed by atoms with Gasteiger partial charge < -0.3 is 11.1 Å². The molecular formula is C8H16N4S. The summed E-state index contributed by atoms with van der Waals surface area (Å²) in [5, 5.41) is 11.8. The molecular weight excluding hydrogens is 184 g/mol. The van der Waals surface area contributed by atoms with E-state index < -0.39 is 0 Å². The van der Waals surface area contributed by atoms with Crippen LogP contribution < -0.4 is 11.1 Å². The SMILES string of the molecule is CCCCC(CN)Nc1nncs1. The van der Waals surface area contributed by atoms with Gasteiger partial charge in [0, 0.05) is 12.6 Å². The van der Waals surface area contributed by atoms with Gasteiger partial charge in [0.25, 0.3) is 0 Å². The standard InChI is InChI=1S/C8H16N4S/c1-2-3-4-7(5-9)11-8-12-10-6-13-8/h6-7H,2-5,9H2,1H3,(H,11,12). The van der Waals surface area contributed by atoms with Gasteiger partial charge in [-0.3, -0.25) is 0 Å². The highest BCUT2D eigenvalue weighted by molar-refractivity contribution is 7.13. The highest BCUT2D eigenvalue weighted by Crippen LogP contribution is 2.11. The number of hydrogen-bond acceptors (Lipinski definition) is 5. The smallest absolute Gasteiger partial charge is 0.205 e. The Morgan fingerprint density at radius 2 is 2.54 bits per heavy atom. The lowest BCUT2D eigenvalue weighted by atomic mass is 10.1. The molecule has 0 spiro atoms. The number of aromatic nitrogens is 2. The lowest BCUT2D eigenvalue weighted by Gasteiger charge is -2.14. The van der Waals surface area contributed by atoms with Crippen LogP contribution in [0.5, 0.6) is 0 Å². The quantitative estimate of drug-likeness (QED) is 0.730. The van der Waals surface area contributed by atoms with Crippen LogP contribution in [0.3, 0.4) is 0 Å². The Bertz CT molecular complexity index is 212. The van der Waals surface area contributed by atoms with Crippen LogP contribution in [0.2, 0.25) is 0 Å². The van der Waals surface area contributed by atoms with Crippen molar-refractivity contribution < 1.29 is 0 Å². The third kappa shape index (κ3) is 3.69. The zero-order valence-electron chi connectivity index (χ0n) is 7.86. The van der Waals surface area contributed by atoms with Gasteiger partial charge in [-0.2, -0.15) is 0 Å². The Morgan fingerprint density at radius 3 is 3.08 bits per heavy atom. The molecule has 74 valence electrons. The van der Waals surface area contributed by atoms with Crippen LogP contribution in [0.4, 0.5) is 5.13 Å². The maximum absolute atomic E-state index is 5.62. The van der Waals surface area contributed by atoms with Gasteiger partial charge in [0.1, 0.15) is 5.51 Å². The van der Waals surface area contributed by atoms with Gasteiger partial charge in [0.15, 0.2) is 0 Å². The first kappa shape index (κ1) is 10.4. The molecule has 1 unspecified atom stereocenters. The lowest BCUT2D eigenvalue weighted by molar-refractivity contribution is 0.613. The highest BCUT2D eigenvalue weighted by Gasteiger charge is 2.06. The molecule has 4 nitrogen and oxygen atoms in total. The average molecular weight is 200 g/mol. The number of anilines is 1. The fourth-order valence-electron chi connectivity index (χ4n) is 1.11. The van der Waals surface area contributed by atoms with Crippen LogP contribution in [-0.2, 0) is 0 Å². The molecule has 1 aromatic heterocycles. The van der Waals surface area contributed by atoms with Crippen LogP contribution >= 0.6 is 11.3 Å². The third-order valence-corrected chi connectivity index (χ3v) is 2.50. The molecule has 0 aliphatic rings. The molecule has 1 rings (SSSR count). The summed E-state index contributed by atoms with van der Waals surface area (Å²) in [7, 11) is 0. The first-order valence-corrected chi connectivity index (χ1v) is 5.47. The highest BCUT2D eigenvalue weighted by atomic mass is 32.1. The van der Waals surface area contributed by atoms with E-state index in [9.17, 15) is 0 Å². The normalized spacial score (nSPS) is 12.8. The van der Waals surface area contributed by atoms with Crippen molar-refractivity contribution in [3.63, 3.8) is 0 Å². The van der Waals surface area contributed by atoms with Gasteiger partial charge in [0.2, 0.25) is 5.13 Å². The summed E-state index contributed by atoms with van der Waals surface area (Å²) < 4.78 is 0. The van der Waals surface area contributed by atoms with Crippen molar-refractivity contribution in [1.29, 1.82) is 0 Å². The molecule has 5 heteroatoms. The molecule has 1 aromatic rings. The molecule has 0 aliphatic carbocycles. The van der Waals surface area contributed by atoms with Gasteiger partial charge in [0.05, 0.1) is 0 Å². The summed E-state index contributed by atoms with van der Waals surface area (Å²) in [4.78, 5) is 0. The molecule has 1 heterocycles. The molecule has 0 radical (unpaired) electrons. The maximum atomic E-state index is 5.62. The summed E-state index contributed by atoms with van der Waals surface area (Å²) in [5.41, 5.74) is 7.34. The van der Waals surface area contributed by atoms with Crippen molar-refractivity contribution in [2.75, 3.05) is 11.9 Å². The minimum atomic E-state index is 0.341. The van der Waals surface area contributed by atoms with E-state index in [4.69, 9.17) is 5.73 Å². The van der Waals surface area contributed by atoms with E-state index in [0.29, 0.717) is 12.6 Å². The van der Waals surface area contributed by atoms with Gasteiger partial charge in [-0.25, -0.2) is 0 Å². The molecule has 0 aromatic carbocycles. The van der Waals surface area contributed by atoms with Crippen molar-refractivity contribution in [3.05, 3.63) is 5.51 Å². The van der Waals surface area contributed by atoms with Gasteiger partial charge in [-0.15, -0.1) is 10.2 Å². The average Bonchev–Trinajstić information content (AvgIpc) is 2.64. The second-order valence-corrected chi connectivity index (χ2v) is 3.80. The van der Waals surface area contributed by atoms with Gasteiger partial charge >= 0.3 is 0 Å². The zero-order valence-corrected chi connectivity index (χ0v) is 8.68. The molecule has 13 heavy (non-hydrogen) atoms. The molecule has 3 N–H and O–H groups in total. The van der Waals surface area contributed by atoms with Crippen molar-refractivity contribution in [3.8, 4) is 0 Å². The second-order valence-electron chi connectivity index (χ2n) is 2.96. The molecule has 0 saturated heterocycles. The Balaban J connectivity index is 2.31. The molecule has 1 atom stereocenters. The fourth-order valence-corrected chi connectivity index (χ4v) is 1.63. The number of nitrogens with one attached hydrogen (secondary N) is 1. The molecule has 0 fully saturated rings. The summed E-state index contributed by atoms with van der Waals surface area (Å²) in [6, 6.07) is 0.341. The Morgan fingerprint density at radius 1 is 1.69 bits per heavy atom. The minimum absolute atomic E-state index is 0.341. The number of nitrogens with two attached hydrogens (primary N) is 1. The van der Waals surface area contributed by atoms with Crippen LogP contribution in [0.25, 0.3) is 0 Å². The van der Waals surface area contributed by atoms with Crippen LogP contribution in [-0.4, -0.2) is 22.8 Å². The van der Waals surface area contributed by atoms with Crippen molar-refractivity contribution in [1.82, 2.24) is 10.2 Å². The second kappa shape index (κ2) is 5.88. The summed E-state index contributed by atoms with van der Waals surface area (Å²) >= 11 is 1.51. The maximum Gasteiger partial charge on any atom is 0.205 e. The summed E-state index contributed by atoms with van der Waals surface area (Å²) in [6.07, 6.45) is 3.51. The molecule has 0 saturated carbocycles. The van der Waals surface area contributed by atoms with E-state index >= 15 is 0 Å². The fraction of sp³-hybridized carbons (Fsp3) is 0.750. The van der Waals surface area contributed by atoms with Crippen molar-refractivity contribution in [2.45, 2.75) is 32.2 Å². The lowest BCUT2D eigenvalue weighted by Crippen LogP contribution is -2.28. The number of nitrogens with zero attached hydrogens (tertiary/aromatic N) is 2. The first-order chi connectivity index (χ1) is 6.36. The summed E-state index contributed by atoms with van der Waals surface area (Å²) in [5.74, 6) is 0. The van der Waals surface area contributed by atoms with Crippen LogP contribution in [0, 0.1) is 0 Å². The van der Waals surface area contributed by atoms with E-state index in [-0.39, 0.29) is 0 Å². The first-order valence-electron chi connectivity index (χ1n) is 4.59. The largest absolute Gasteiger partial charge is 0.356 e. The Kier molecular flexibility index (Phi) is 4.70. The monoisotopic (exact) mass is 200 g/mol. The van der Waals surface area contributed by atoms with E-state index in [1.807, 2.05) is 0 Å².